The molecule has 3 heterocycles. The van der Waals surface area contributed by atoms with Crippen LogP contribution in [0.4, 0.5) is 0 Å². The van der Waals surface area contributed by atoms with Crippen molar-refractivity contribution in [2.24, 2.45) is 5.92 Å². The maximum Gasteiger partial charge on any atom is 0.257 e. The van der Waals surface area contributed by atoms with Crippen LogP contribution in [0.25, 0.3) is 0 Å². The number of aryl methyl sites for hydroxylation is 2. The summed E-state index contributed by atoms with van der Waals surface area (Å²) in [5.41, 5.74) is 0.656. The number of rotatable bonds is 2. The van der Waals surface area contributed by atoms with E-state index in [9.17, 15) is 9.59 Å². The predicted molar refractivity (Wildman–Crippen MR) is 81.6 cm³/mol. The Labute approximate surface area is 130 Å². The molecule has 1 aromatic heterocycles. The Kier molecular flexibility index (Phi) is 3.72. The lowest BCUT2D eigenvalue weighted by Gasteiger charge is -2.25. The molecule has 6 nitrogen and oxygen atoms in total. The van der Waals surface area contributed by atoms with Crippen LogP contribution in [0.1, 0.15) is 28.3 Å². The van der Waals surface area contributed by atoms with E-state index < -0.39 is 0 Å². The first kappa shape index (κ1) is 15.1. The average molecular weight is 305 g/mol. The number of furan rings is 1. The molecule has 2 unspecified atom stereocenters. The quantitative estimate of drug-likeness (QED) is 0.877. The van der Waals surface area contributed by atoms with Gasteiger partial charge < -0.3 is 14.6 Å². The second-order valence-electron chi connectivity index (χ2n) is 6.40. The Morgan fingerprint density at radius 3 is 2.59 bits per heavy atom. The molecule has 2 saturated heterocycles. The van der Waals surface area contributed by atoms with Crippen LogP contribution in [-0.4, -0.2) is 60.9 Å². The highest BCUT2D eigenvalue weighted by Crippen LogP contribution is 2.35. The van der Waals surface area contributed by atoms with Crippen molar-refractivity contribution in [2.45, 2.75) is 32.4 Å². The molecule has 1 aromatic rings. The zero-order chi connectivity index (χ0) is 16.0. The van der Waals surface area contributed by atoms with Crippen molar-refractivity contribution in [3.05, 3.63) is 23.2 Å². The maximum atomic E-state index is 12.7. The smallest absolute Gasteiger partial charge is 0.257 e. The van der Waals surface area contributed by atoms with Gasteiger partial charge in [-0.1, -0.05) is 0 Å². The fourth-order valence-corrected chi connectivity index (χ4v) is 3.87. The molecule has 0 radical (unpaired) electrons. The third kappa shape index (κ3) is 2.31. The van der Waals surface area contributed by atoms with Gasteiger partial charge in [-0.25, -0.2) is 0 Å². The summed E-state index contributed by atoms with van der Waals surface area (Å²) in [6, 6.07) is 2.00. The highest BCUT2D eigenvalue weighted by Gasteiger charge is 2.48. The van der Waals surface area contributed by atoms with Gasteiger partial charge in [0.05, 0.1) is 11.6 Å². The molecule has 1 N–H and O–H groups in total. The number of hydrogen-bond acceptors (Lipinski definition) is 4. The summed E-state index contributed by atoms with van der Waals surface area (Å²) in [7, 11) is 3.65. The molecular formula is C16H23N3O3. The predicted octanol–water partition coefficient (Wildman–Crippen LogP) is 0.787. The van der Waals surface area contributed by atoms with Crippen molar-refractivity contribution in [3.8, 4) is 0 Å². The molecule has 2 aliphatic heterocycles. The number of hydrogen-bond donors (Lipinski definition) is 1. The molecule has 0 bridgehead atoms. The first-order chi connectivity index (χ1) is 10.4. The van der Waals surface area contributed by atoms with E-state index in [0.717, 1.165) is 12.2 Å². The van der Waals surface area contributed by atoms with Crippen LogP contribution in [-0.2, 0) is 4.79 Å². The molecule has 0 spiro atoms. The third-order valence-corrected chi connectivity index (χ3v) is 5.05. The molecule has 6 heteroatoms. The minimum Gasteiger partial charge on any atom is -0.466 e. The van der Waals surface area contributed by atoms with Crippen molar-refractivity contribution in [1.82, 2.24) is 15.1 Å². The van der Waals surface area contributed by atoms with E-state index in [2.05, 4.69) is 10.2 Å². The number of carbonyl (C=O) groups is 2. The summed E-state index contributed by atoms with van der Waals surface area (Å²) in [4.78, 5) is 28.6. The van der Waals surface area contributed by atoms with Gasteiger partial charge in [0.15, 0.2) is 0 Å². The molecule has 2 fully saturated rings. The largest absolute Gasteiger partial charge is 0.466 e. The van der Waals surface area contributed by atoms with E-state index >= 15 is 0 Å². The molecule has 22 heavy (non-hydrogen) atoms. The van der Waals surface area contributed by atoms with Gasteiger partial charge in [0.25, 0.3) is 5.91 Å². The SMILES string of the molecule is CNC(=O)[C@@H]1CC2CN(C(=O)c3cc(C)oc3C)CC2N1C. The first-order valence-corrected chi connectivity index (χ1v) is 7.72. The topological polar surface area (TPSA) is 65.8 Å². The molecule has 2 aliphatic rings. The molecule has 120 valence electrons. The van der Waals surface area contributed by atoms with Crippen molar-refractivity contribution in [1.29, 1.82) is 0 Å². The molecule has 0 aliphatic carbocycles. The van der Waals surface area contributed by atoms with Gasteiger partial charge in [-0.2, -0.15) is 0 Å². The molecule has 0 aromatic carbocycles. The summed E-state index contributed by atoms with van der Waals surface area (Å²) in [5.74, 6) is 1.91. The number of carbonyl (C=O) groups excluding carboxylic acids is 2. The average Bonchev–Trinajstić information content (AvgIpc) is 3.12. The van der Waals surface area contributed by atoms with E-state index in [1.54, 1.807) is 7.05 Å². The van der Waals surface area contributed by atoms with E-state index in [0.29, 0.717) is 30.3 Å². The molecular weight excluding hydrogens is 282 g/mol. The van der Waals surface area contributed by atoms with Gasteiger partial charge in [0.1, 0.15) is 11.5 Å². The lowest BCUT2D eigenvalue weighted by Crippen LogP contribution is -2.45. The van der Waals surface area contributed by atoms with Crippen LogP contribution in [0.3, 0.4) is 0 Å². The lowest BCUT2D eigenvalue weighted by molar-refractivity contribution is -0.125. The summed E-state index contributed by atoms with van der Waals surface area (Å²) >= 11 is 0. The minimum atomic E-state index is -0.0739. The summed E-state index contributed by atoms with van der Waals surface area (Å²) in [6.45, 7) is 5.07. The number of likely N-dealkylation sites (N-methyl/N-ethyl adjacent to an activating group) is 2. The zero-order valence-corrected chi connectivity index (χ0v) is 13.5. The van der Waals surface area contributed by atoms with Crippen LogP contribution < -0.4 is 5.32 Å². The number of nitrogens with zero attached hydrogens (tertiary/aromatic N) is 2. The lowest BCUT2D eigenvalue weighted by atomic mass is 10.0. The van der Waals surface area contributed by atoms with Gasteiger partial charge >= 0.3 is 0 Å². The van der Waals surface area contributed by atoms with Crippen LogP contribution in [0.2, 0.25) is 0 Å². The van der Waals surface area contributed by atoms with Gasteiger partial charge in [-0.05, 0) is 39.3 Å². The van der Waals surface area contributed by atoms with Crippen LogP contribution in [0, 0.1) is 19.8 Å². The fraction of sp³-hybridized carbons (Fsp3) is 0.625. The zero-order valence-electron chi connectivity index (χ0n) is 13.5. The highest BCUT2D eigenvalue weighted by atomic mass is 16.3. The van der Waals surface area contributed by atoms with Crippen LogP contribution >= 0.6 is 0 Å². The van der Waals surface area contributed by atoms with Crippen molar-refractivity contribution in [2.75, 3.05) is 27.2 Å². The van der Waals surface area contributed by atoms with Crippen molar-refractivity contribution >= 4 is 11.8 Å². The highest BCUT2D eigenvalue weighted by molar-refractivity contribution is 5.95. The Morgan fingerprint density at radius 2 is 2.05 bits per heavy atom. The molecule has 0 saturated carbocycles. The Balaban J connectivity index is 1.71. The summed E-state index contributed by atoms with van der Waals surface area (Å²) in [6.07, 6.45) is 0.814. The number of amides is 2. The maximum absolute atomic E-state index is 12.7. The van der Waals surface area contributed by atoms with E-state index in [1.165, 1.54) is 0 Å². The van der Waals surface area contributed by atoms with Gasteiger partial charge in [-0.15, -0.1) is 0 Å². The second kappa shape index (κ2) is 5.43. The summed E-state index contributed by atoms with van der Waals surface area (Å²) in [5, 5.41) is 2.72. The van der Waals surface area contributed by atoms with Crippen LogP contribution in [0.15, 0.2) is 10.5 Å². The van der Waals surface area contributed by atoms with Crippen molar-refractivity contribution < 1.29 is 14.0 Å². The van der Waals surface area contributed by atoms with Gasteiger partial charge in [0, 0.05) is 26.2 Å². The first-order valence-electron chi connectivity index (χ1n) is 7.72. The second-order valence-corrected chi connectivity index (χ2v) is 6.40. The minimum absolute atomic E-state index is 0.0358. The molecule has 3 rings (SSSR count). The number of likely N-dealkylation sites (tertiary alicyclic amines) is 2. The Bertz CT molecular complexity index is 610. The summed E-state index contributed by atoms with van der Waals surface area (Å²) < 4.78 is 5.46. The molecule has 3 atom stereocenters. The fourth-order valence-electron chi connectivity index (χ4n) is 3.87. The van der Waals surface area contributed by atoms with Crippen LogP contribution in [0.5, 0.6) is 0 Å². The van der Waals surface area contributed by atoms with E-state index in [4.69, 9.17) is 4.42 Å². The number of fused-ring (bicyclic) bond motifs is 1. The monoisotopic (exact) mass is 305 g/mol. The van der Waals surface area contributed by atoms with E-state index in [1.807, 2.05) is 31.9 Å². The normalized spacial score (nSPS) is 28.0. The Morgan fingerprint density at radius 1 is 1.32 bits per heavy atom. The number of nitrogens with one attached hydrogen (secondary N) is 1. The van der Waals surface area contributed by atoms with Crippen molar-refractivity contribution in [3.63, 3.8) is 0 Å². The molecule has 2 amide bonds. The third-order valence-electron chi connectivity index (χ3n) is 5.05. The Hall–Kier alpha value is -1.82. The van der Waals surface area contributed by atoms with Gasteiger partial charge in [0.2, 0.25) is 5.91 Å². The van der Waals surface area contributed by atoms with Gasteiger partial charge in [-0.3, -0.25) is 14.5 Å². The van der Waals surface area contributed by atoms with E-state index in [-0.39, 0.29) is 23.9 Å². The standard InChI is InChI=1S/C16H23N3O3/c1-9-5-12(10(2)22-9)16(21)19-7-11-6-13(15(20)17-3)18(4)14(11)8-19/h5,11,13-14H,6-8H2,1-4H3,(H,17,20)/t11?,13-,14?/m0/s1.